The lowest BCUT2D eigenvalue weighted by Crippen LogP contribution is -2.46. The number of carbonyl (C=O) groups excluding carboxylic acids is 1. The molecule has 0 bridgehead atoms. The van der Waals surface area contributed by atoms with Gasteiger partial charge in [0.05, 0.1) is 0 Å². The molecule has 2 saturated heterocycles. The molecule has 0 saturated carbocycles. The number of carbonyl (C=O) groups is 1. The van der Waals surface area contributed by atoms with Gasteiger partial charge in [0.1, 0.15) is 11.5 Å². The van der Waals surface area contributed by atoms with Crippen LogP contribution in [0.25, 0.3) is 0 Å². The van der Waals surface area contributed by atoms with Gasteiger partial charge in [0, 0.05) is 31.5 Å². The Bertz CT molecular complexity index is 822. The van der Waals surface area contributed by atoms with E-state index in [1.54, 1.807) is 24.3 Å². The largest absolute Gasteiger partial charge is 0.508 e. The maximum atomic E-state index is 13.1. The molecule has 2 fully saturated rings. The fraction of sp³-hybridized carbons (Fsp3) is 0.458. The van der Waals surface area contributed by atoms with Gasteiger partial charge in [0.15, 0.2) is 0 Å². The molecule has 5 nitrogen and oxygen atoms in total. The maximum absolute atomic E-state index is 13.1. The van der Waals surface area contributed by atoms with E-state index in [2.05, 4.69) is 4.90 Å². The third-order valence-electron chi connectivity index (χ3n) is 6.42. The number of nitrogens with zero attached hydrogens (tertiary/aromatic N) is 2. The van der Waals surface area contributed by atoms with Gasteiger partial charge >= 0.3 is 0 Å². The normalized spacial score (nSPS) is 19.4. The Hall–Kier alpha value is -2.53. The SMILES string of the molecule is O=C(C[C@H](c1ccc(O)cc1)c1cccc(O)c1)N1CCC(N2CCCC2)CC1. The predicted molar refractivity (Wildman–Crippen MR) is 113 cm³/mol. The van der Waals surface area contributed by atoms with Crippen molar-refractivity contribution in [2.45, 2.75) is 44.1 Å². The van der Waals surface area contributed by atoms with Gasteiger partial charge in [-0.2, -0.15) is 0 Å². The van der Waals surface area contributed by atoms with E-state index in [1.165, 1.54) is 25.9 Å². The number of rotatable bonds is 5. The Kier molecular flexibility index (Phi) is 6.05. The molecule has 0 radical (unpaired) electrons. The van der Waals surface area contributed by atoms with E-state index >= 15 is 0 Å². The lowest BCUT2D eigenvalue weighted by Gasteiger charge is -2.37. The number of hydrogen-bond donors (Lipinski definition) is 2. The quantitative estimate of drug-likeness (QED) is 0.812. The fourth-order valence-electron chi connectivity index (χ4n) is 4.77. The average Bonchev–Trinajstić information content (AvgIpc) is 3.28. The standard InChI is InChI=1S/C24H30N2O3/c27-21-8-6-18(7-9-21)23(19-4-3-5-22(28)16-19)17-24(29)26-14-10-20(11-15-26)25-12-1-2-13-25/h3-9,16,20,23,27-28H,1-2,10-15,17H2/t23-/m1/s1. The van der Waals surface area contributed by atoms with Crippen LogP contribution in [0.15, 0.2) is 48.5 Å². The number of piperidine rings is 1. The highest BCUT2D eigenvalue weighted by Crippen LogP contribution is 2.32. The Morgan fingerprint density at radius 3 is 2.24 bits per heavy atom. The van der Waals surface area contributed by atoms with Crippen molar-refractivity contribution in [3.05, 3.63) is 59.7 Å². The van der Waals surface area contributed by atoms with Gasteiger partial charge in [0.2, 0.25) is 5.91 Å². The summed E-state index contributed by atoms with van der Waals surface area (Å²) in [6, 6.07) is 14.8. The topological polar surface area (TPSA) is 64.0 Å². The van der Waals surface area contributed by atoms with Crippen LogP contribution in [0.2, 0.25) is 0 Å². The molecule has 2 aliphatic heterocycles. The van der Waals surface area contributed by atoms with Crippen LogP contribution in [-0.2, 0) is 4.79 Å². The van der Waals surface area contributed by atoms with Crippen molar-refractivity contribution < 1.29 is 15.0 Å². The third-order valence-corrected chi connectivity index (χ3v) is 6.42. The molecule has 5 heteroatoms. The summed E-state index contributed by atoms with van der Waals surface area (Å²) in [5, 5.41) is 19.6. The number of amides is 1. The second kappa shape index (κ2) is 8.87. The Morgan fingerprint density at radius 2 is 1.59 bits per heavy atom. The van der Waals surface area contributed by atoms with Crippen LogP contribution in [0.1, 0.15) is 49.1 Å². The molecule has 2 N–H and O–H groups in total. The average molecular weight is 395 g/mol. The summed E-state index contributed by atoms with van der Waals surface area (Å²) in [4.78, 5) is 17.7. The zero-order chi connectivity index (χ0) is 20.2. The van der Waals surface area contributed by atoms with Gasteiger partial charge in [-0.25, -0.2) is 0 Å². The first-order chi connectivity index (χ1) is 14.1. The van der Waals surface area contributed by atoms with E-state index in [0.29, 0.717) is 12.5 Å². The number of phenolic OH excluding ortho intramolecular Hbond substituents is 2. The number of benzene rings is 2. The first-order valence-corrected chi connectivity index (χ1v) is 10.7. The van der Waals surface area contributed by atoms with E-state index in [1.807, 2.05) is 29.2 Å². The van der Waals surface area contributed by atoms with Crippen molar-refractivity contribution >= 4 is 5.91 Å². The summed E-state index contributed by atoms with van der Waals surface area (Å²) in [5.74, 6) is 0.418. The van der Waals surface area contributed by atoms with Crippen molar-refractivity contribution in [2.75, 3.05) is 26.2 Å². The first kappa shape index (κ1) is 19.8. The van der Waals surface area contributed by atoms with Gasteiger partial charge < -0.3 is 20.0 Å². The van der Waals surface area contributed by atoms with Crippen LogP contribution < -0.4 is 0 Å². The van der Waals surface area contributed by atoms with Gasteiger partial charge in [-0.15, -0.1) is 0 Å². The summed E-state index contributed by atoms with van der Waals surface area (Å²) >= 11 is 0. The van der Waals surface area contributed by atoms with Crippen LogP contribution in [0.3, 0.4) is 0 Å². The second-order valence-electron chi connectivity index (χ2n) is 8.30. The fourth-order valence-corrected chi connectivity index (χ4v) is 4.77. The molecular weight excluding hydrogens is 364 g/mol. The highest BCUT2D eigenvalue weighted by Gasteiger charge is 2.29. The molecule has 2 aromatic rings. The summed E-state index contributed by atoms with van der Waals surface area (Å²) in [6.45, 7) is 4.06. The van der Waals surface area contributed by atoms with Gasteiger partial charge in [-0.05, 0) is 74.2 Å². The van der Waals surface area contributed by atoms with Crippen molar-refractivity contribution in [1.29, 1.82) is 0 Å². The highest BCUT2D eigenvalue weighted by atomic mass is 16.3. The molecule has 29 heavy (non-hydrogen) atoms. The van der Waals surface area contributed by atoms with E-state index in [4.69, 9.17) is 0 Å². The van der Waals surface area contributed by atoms with Crippen molar-refractivity contribution in [3.63, 3.8) is 0 Å². The first-order valence-electron chi connectivity index (χ1n) is 10.7. The lowest BCUT2D eigenvalue weighted by molar-refractivity contribution is -0.133. The molecule has 0 spiro atoms. The van der Waals surface area contributed by atoms with Gasteiger partial charge in [-0.3, -0.25) is 4.79 Å². The molecule has 1 atom stereocenters. The van der Waals surface area contributed by atoms with Gasteiger partial charge in [0.25, 0.3) is 0 Å². The van der Waals surface area contributed by atoms with Crippen LogP contribution >= 0.6 is 0 Å². The summed E-state index contributed by atoms with van der Waals surface area (Å²) in [7, 11) is 0. The van der Waals surface area contributed by atoms with E-state index in [0.717, 1.165) is 37.1 Å². The Morgan fingerprint density at radius 1 is 0.897 bits per heavy atom. The van der Waals surface area contributed by atoms with E-state index in [-0.39, 0.29) is 23.3 Å². The maximum Gasteiger partial charge on any atom is 0.223 e. The number of aromatic hydroxyl groups is 2. The molecule has 2 heterocycles. The molecule has 4 rings (SSSR count). The molecule has 0 aliphatic carbocycles. The Balaban J connectivity index is 1.46. The lowest BCUT2D eigenvalue weighted by atomic mass is 9.87. The predicted octanol–water partition coefficient (Wildman–Crippen LogP) is 3.71. The number of likely N-dealkylation sites (tertiary alicyclic amines) is 2. The Labute approximate surface area is 172 Å². The molecular formula is C24H30N2O3. The van der Waals surface area contributed by atoms with Crippen LogP contribution in [0, 0.1) is 0 Å². The van der Waals surface area contributed by atoms with E-state index < -0.39 is 0 Å². The van der Waals surface area contributed by atoms with Gasteiger partial charge in [-0.1, -0.05) is 24.3 Å². The summed E-state index contributed by atoms with van der Waals surface area (Å²) < 4.78 is 0. The molecule has 2 aliphatic rings. The summed E-state index contributed by atoms with van der Waals surface area (Å²) in [6.07, 6.45) is 5.08. The third kappa shape index (κ3) is 4.73. The van der Waals surface area contributed by atoms with E-state index in [9.17, 15) is 15.0 Å². The smallest absolute Gasteiger partial charge is 0.223 e. The zero-order valence-corrected chi connectivity index (χ0v) is 16.8. The minimum atomic E-state index is -0.147. The minimum Gasteiger partial charge on any atom is -0.508 e. The zero-order valence-electron chi connectivity index (χ0n) is 16.8. The highest BCUT2D eigenvalue weighted by molar-refractivity contribution is 5.78. The van der Waals surface area contributed by atoms with Crippen LogP contribution in [-0.4, -0.2) is 58.1 Å². The molecule has 154 valence electrons. The molecule has 2 aromatic carbocycles. The number of phenols is 2. The summed E-state index contributed by atoms with van der Waals surface area (Å²) in [5.41, 5.74) is 1.88. The van der Waals surface area contributed by atoms with Crippen LogP contribution in [0.4, 0.5) is 0 Å². The van der Waals surface area contributed by atoms with Crippen molar-refractivity contribution in [3.8, 4) is 11.5 Å². The van der Waals surface area contributed by atoms with Crippen molar-refractivity contribution in [2.24, 2.45) is 0 Å². The van der Waals surface area contributed by atoms with Crippen molar-refractivity contribution in [1.82, 2.24) is 9.80 Å². The monoisotopic (exact) mass is 394 g/mol. The second-order valence-corrected chi connectivity index (χ2v) is 8.30. The van der Waals surface area contributed by atoms with Crippen LogP contribution in [0.5, 0.6) is 11.5 Å². The molecule has 0 unspecified atom stereocenters. The minimum absolute atomic E-state index is 0.147. The molecule has 1 amide bonds. The molecule has 0 aromatic heterocycles. The number of hydrogen-bond acceptors (Lipinski definition) is 4.